The highest BCUT2D eigenvalue weighted by Crippen LogP contribution is 2.36. The van der Waals surface area contributed by atoms with Gasteiger partial charge in [0.1, 0.15) is 11.4 Å². The van der Waals surface area contributed by atoms with Crippen LogP contribution in [0.5, 0.6) is 5.75 Å². The molecule has 2 aromatic carbocycles. The number of aromatic hydroxyl groups is 1. The van der Waals surface area contributed by atoms with Crippen molar-refractivity contribution in [3.05, 3.63) is 47.7 Å². The summed E-state index contributed by atoms with van der Waals surface area (Å²) in [6.07, 6.45) is -5.83. The first-order valence-corrected chi connectivity index (χ1v) is 6.10. The second-order valence-electron chi connectivity index (χ2n) is 4.57. The van der Waals surface area contributed by atoms with Crippen LogP contribution in [-0.4, -0.2) is 10.1 Å². The van der Waals surface area contributed by atoms with Crippen LogP contribution in [0.1, 0.15) is 24.1 Å². The van der Waals surface area contributed by atoms with Crippen molar-refractivity contribution in [1.29, 1.82) is 0 Å². The Bertz CT molecular complexity index is 833. The minimum absolute atomic E-state index is 0.0384. The molecule has 6 heteroatoms. The third kappa shape index (κ3) is 2.16. The van der Waals surface area contributed by atoms with Gasteiger partial charge in [-0.05, 0) is 18.2 Å². The Kier molecular flexibility index (Phi) is 3.16. The van der Waals surface area contributed by atoms with Crippen LogP contribution in [0.4, 0.5) is 17.6 Å². The molecule has 0 spiro atoms. The Morgan fingerprint density at radius 3 is 2.24 bits per heavy atom. The van der Waals surface area contributed by atoms with Crippen LogP contribution >= 0.6 is 0 Å². The molecular weight excluding hydrogens is 286 g/mol. The normalized spacial score (nSPS) is 11.9. The molecule has 1 aromatic heterocycles. The van der Waals surface area contributed by atoms with Crippen molar-refractivity contribution in [3.8, 4) is 5.75 Å². The Morgan fingerprint density at radius 1 is 0.857 bits per heavy atom. The Balaban J connectivity index is 2.49. The number of aromatic nitrogens is 1. The van der Waals surface area contributed by atoms with Crippen LogP contribution in [0, 0.1) is 0 Å². The number of fused-ring (bicyclic) bond motifs is 3. The monoisotopic (exact) mass is 295 g/mol. The molecule has 0 saturated carbocycles. The molecular formula is C15H9F4NO. The SMILES string of the molecule is Oc1cccc2c1ccc1c(C(F)F)cc(C(F)F)nc12. The molecule has 1 heterocycles. The maximum absolute atomic E-state index is 13.1. The molecule has 0 aliphatic rings. The number of phenols is 1. The van der Waals surface area contributed by atoms with Crippen LogP contribution in [-0.2, 0) is 0 Å². The molecule has 0 unspecified atom stereocenters. The number of alkyl halides is 4. The summed E-state index contributed by atoms with van der Waals surface area (Å²) in [7, 11) is 0. The molecule has 0 atom stereocenters. The van der Waals surface area contributed by atoms with E-state index >= 15 is 0 Å². The van der Waals surface area contributed by atoms with Gasteiger partial charge < -0.3 is 5.11 Å². The predicted molar refractivity (Wildman–Crippen MR) is 70.8 cm³/mol. The standard InChI is InChI=1S/C15H9F4NO/c16-14(17)10-6-11(15(18)19)20-13-8-2-1-3-12(21)7(8)4-5-9(10)13/h1-6,14-15,21H. The quantitative estimate of drug-likeness (QED) is 0.535. The molecule has 3 aromatic rings. The van der Waals surface area contributed by atoms with Gasteiger partial charge in [-0.25, -0.2) is 22.5 Å². The fourth-order valence-electron chi connectivity index (χ4n) is 2.37. The highest BCUT2D eigenvalue weighted by Gasteiger charge is 2.19. The maximum Gasteiger partial charge on any atom is 0.280 e. The summed E-state index contributed by atoms with van der Waals surface area (Å²) < 4.78 is 51.9. The number of halogens is 4. The van der Waals surface area contributed by atoms with Gasteiger partial charge in [-0.2, -0.15) is 0 Å². The lowest BCUT2D eigenvalue weighted by Gasteiger charge is -2.11. The summed E-state index contributed by atoms with van der Waals surface area (Å²) >= 11 is 0. The predicted octanol–water partition coefficient (Wildman–Crippen LogP) is 4.97. The fraction of sp³-hybridized carbons (Fsp3) is 0.133. The first-order chi connectivity index (χ1) is 9.99. The molecule has 21 heavy (non-hydrogen) atoms. The zero-order valence-corrected chi connectivity index (χ0v) is 10.5. The van der Waals surface area contributed by atoms with Crippen molar-refractivity contribution in [2.24, 2.45) is 0 Å². The van der Waals surface area contributed by atoms with Crippen LogP contribution in [0.15, 0.2) is 36.4 Å². The van der Waals surface area contributed by atoms with Crippen molar-refractivity contribution in [1.82, 2.24) is 4.98 Å². The molecule has 0 aliphatic heterocycles. The van der Waals surface area contributed by atoms with E-state index in [0.717, 1.165) is 6.07 Å². The molecule has 0 bridgehead atoms. The van der Waals surface area contributed by atoms with Crippen LogP contribution in [0.25, 0.3) is 21.7 Å². The molecule has 0 aliphatic carbocycles. The van der Waals surface area contributed by atoms with Gasteiger partial charge in [0.2, 0.25) is 0 Å². The first-order valence-electron chi connectivity index (χ1n) is 6.10. The highest BCUT2D eigenvalue weighted by atomic mass is 19.3. The summed E-state index contributed by atoms with van der Waals surface area (Å²) in [6, 6.07) is 8.06. The number of pyridine rings is 1. The molecule has 108 valence electrons. The van der Waals surface area contributed by atoms with Gasteiger partial charge in [0.15, 0.2) is 0 Å². The van der Waals surface area contributed by atoms with E-state index in [1.54, 1.807) is 6.07 Å². The number of hydrogen-bond acceptors (Lipinski definition) is 2. The summed E-state index contributed by atoms with van der Waals surface area (Å²) in [5.41, 5.74) is -1.15. The minimum Gasteiger partial charge on any atom is -0.507 e. The Labute approximate surface area is 116 Å². The zero-order chi connectivity index (χ0) is 15.1. The van der Waals surface area contributed by atoms with Crippen molar-refractivity contribution in [2.75, 3.05) is 0 Å². The summed E-state index contributed by atoms with van der Waals surface area (Å²) in [6.45, 7) is 0. The topological polar surface area (TPSA) is 33.1 Å². The van der Waals surface area contributed by atoms with Crippen LogP contribution < -0.4 is 0 Å². The first kappa shape index (κ1) is 13.6. The summed E-state index contributed by atoms with van der Waals surface area (Å²) in [5.74, 6) is -0.0581. The van der Waals surface area contributed by atoms with Gasteiger partial charge in [0.25, 0.3) is 12.9 Å². The van der Waals surface area contributed by atoms with Crippen molar-refractivity contribution in [3.63, 3.8) is 0 Å². The third-order valence-electron chi connectivity index (χ3n) is 3.32. The highest BCUT2D eigenvalue weighted by molar-refractivity contribution is 6.08. The number of phenolic OH excluding ortho intramolecular Hbond substituents is 1. The van der Waals surface area contributed by atoms with E-state index in [1.807, 2.05) is 0 Å². The van der Waals surface area contributed by atoms with E-state index in [2.05, 4.69) is 4.98 Å². The third-order valence-corrected chi connectivity index (χ3v) is 3.32. The second-order valence-corrected chi connectivity index (χ2v) is 4.57. The van der Waals surface area contributed by atoms with Crippen LogP contribution in [0.3, 0.4) is 0 Å². The van der Waals surface area contributed by atoms with Gasteiger partial charge in [-0.1, -0.05) is 18.2 Å². The van der Waals surface area contributed by atoms with Gasteiger partial charge >= 0.3 is 0 Å². The lowest BCUT2D eigenvalue weighted by atomic mass is 10.0. The van der Waals surface area contributed by atoms with E-state index in [4.69, 9.17) is 0 Å². The largest absolute Gasteiger partial charge is 0.507 e. The lowest BCUT2D eigenvalue weighted by Crippen LogP contribution is -1.97. The van der Waals surface area contributed by atoms with Gasteiger partial charge in [-0.15, -0.1) is 0 Å². The van der Waals surface area contributed by atoms with Gasteiger partial charge in [0.05, 0.1) is 5.52 Å². The van der Waals surface area contributed by atoms with E-state index in [-0.39, 0.29) is 16.7 Å². The molecule has 0 fully saturated rings. The Hall–Kier alpha value is -2.37. The summed E-state index contributed by atoms with van der Waals surface area (Å²) in [4.78, 5) is 3.79. The Morgan fingerprint density at radius 2 is 1.57 bits per heavy atom. The van der Waals surface area contributed by atoms with E-state index in [0.29, 0.717) is 10.8 Å². The lowest BCUT2D eigenvalue weighted by molar-refractivity contribution is 0.141. The average molecular weight is 295 g/mol. The number of hydrogen-bond donors (Lipinski definition) is 1. The molecule has 1 N–H and O–H groups in total. The van der Waals surface area contributed by atoms with E-state index in [9.17, 15) is 22.7 Å². The van der Waals surface area contributed by atoms with Crippen molar-refractivity contribution >= 4 is 21.7 Å². The second kappa shape index (κ2) is 4.87. The molecule has 0 radical (unpaired) electrons. The van der Waals surface area contributed by atoms with Crippen LogP contribution in [0.2, 0.25) is 0 Å². The minimum atomic E-state index is -2.94. The van der Waals surface area contributed by atoms with E-state index in [1.165, 1.54) is 24.3 Å². The molecule has 2 nitrogen and oxygen atoms in total. The average Bonchev–Trinajstić information content (AvgIpc) is 2.45. The number of rotatable bonds is 2. The van der Waals surface area contributed by atoms with Gasteiger partial charge in [-0.3, -0.25) is 0 Å². The van der Waals surface area contributed by atoms with E-state index < -0.39 is 24.1 Å². The smallest absolute Gasteiger partial charge is 0.280 e. The number of benzene rings is 2. The molecule has 0 saturated heterocycles. The fourth-order valence-corrected chi connectivity index (χ4v) is 2.37. The maximum atomic E-state index is 13.1. The summed E-state index contributed by atoms with van der Waals surface area (Å²) in [5, 5.41) is 10.6. The molecule has 0 amide bonds. The number of nitrogens with zero attached hydrogens (tertiary/aromatic N) is 1. The molecule has 3 rings (SSSR count). The zero-order valence-electron chi connectivity index (χ0n) is 10.5. The van der Waals surface area contributed by atoms with Crippen molar-refractivity contribution in [2.45, 2.75) is 12.9 Å². The van der Waals surface area contributed by atoms with Gasteiger partial charge in [0, 0.05) is 21.7 Å². The van der Waals surface area contributed by atoms with Crippen molar-refractivity contribution < 1.29 is 22.7 Å².